The van der Waals surface area contributed by atoms with Crippen LogP contribution in [-0.2, 0) is 14.4 Å². The molecule has 1 unspecified atom stereocenters. The van der Waals surface area contributed by atoms with Gasteiger partial charge in [0.05, 0.1) is 10.5 Å². The molecule has 0 aliphatic carbocycles. The first kappa shape index (κ1) is 17.5. The number of rotatable bonds is 9. The Labute approximate surface area is 126 Å². The van der Waals surface area contributed by atoms with E-state index < -0.39 is 40.4 Å². The second-order valence-corrected chi connectivity index (χ2v) is 3.87. The smallest absolute Gasteiger partial charge is 0.338 e. The van der Waals surface area contributed by atoms with Gasteiger partial charge < -0.3 is 14.4 Å². The normalized spacial score (nSPS) is 11.1. The van der Waals surface area contributed by atoms with Gasteiger partial charge in [-0.05, 0) is 12.1 Å². The van der Waals surface area contributed by atoms with E-state index in [1.807, 2.05) is 0 Å². The molecule has 1 aromatic rings. The number of hydrogen-bond acceptors (Lipinski definition) is 10. The standard InChI is InChI=1S/C10H9N3O10/c14-10(7-1-3-8(4-2-7)11(15)16)21-5-9(23-13(19)20)6-22-12(17)18/h1-4,9H,5-6H2. The summed E-state index contributed by atoms with van der Waals surface area (Å²) in [6.07, 6.45) is -1.50. The molecule has 124 valence electrons. The molecule has 0 aromatic heterocycles. The van der Waals surface area contributed by atoms with Crippen molar-refractivity contribution in [2.75, 3.05) is 13.2 Å². The van der Waals surface area contributed by atoms with E-state index in [4.69, 9.17) is 0 Å². The van der Waals surface area contributed by atoms with E-state index in [9.17, 15) is 35.1 Å². The second-order valence-electron chi connectivity index (χ2n) is 3.87. The quantitative estimate of drug-likeness (QED) is 0.352. The third kappa shape index (κ3) is 6.19. The van der Waals surface area contributed by atoms with Crippen LogP contribution >= 0.6 is 0 Å². The van der Waals surface area contributed by atoms with Gasteiger partial charge in [-0.25, -0.2) is 4.79 Å². The number of ether oxygens (including phenoxy) is 1. The Kier molecular flexibility index (Phi) is 6.15. The molecule has 0 aliphatic heterocycles. The maximum absolute atomic E-state index is 11.7. The highest BCUT2D eigenvalue weighted by Gasteiger charge is 2.19. The van der Waals surface area contributed by atoms with Gasteiger partial charge in [-0.3, -0.25) is 10.1 Å². The fraction of sp³-hybridized carbons (Fsp3) is 0.300. The molecule has 0 amide bonds. The number of non-ortho nitro benzene ring substituents is 1. The molecule has 0 heterocycles. The molecule has 0 spiro atoms. The third-order valence-corrected chi connectivity index (χ3v) is 2.32. The monoisotopic (exact) mass is 331 g/mol. The van der Waals surface area contributed by atoms with Crippen LogP contribution in [0.15, 0.2) is 24.3 Å². The number of esters is 1. The van der Waals surface area contributed by atoms with Crippen LogP contribution in [-0.4, -0.2) is 40.4 Å². The van der Waals surface area contributed by atoms with Crippen molar-refractivity contribution < 1.29 is 34.3 Å². The van der Waals surface area contributed by atoms with Gasteiger partial charge in [0.15, 0.2) is 6.10 Å². The zero-order chi connectivity index (χ0) is 17.4. The van der Waals surface area contributed by atoms with Gasteiger partial charge in [-0.15, -0.1) is 20.2 Å². The van der Waals surface area contributed by atoms with E-state index in [0.29, 0.717) is 0 Å². The van der Waals surface area contributed by atoms with Crippen LogP contribution in [0.25, 0.3) is 0 Å². The zero-order valence-electron chi connectivity index (χ0n) is 11.2. The minimum absolute atomic E-state index is 0.0503. The molecule has 13 nitrogen and oxygen atoms in total. The molecule has 1 atom stereocenters. The van der Waals surface area contributed by atoms with Gasteiger partial charge in [0.2, 0.25) is 0 Å². The summed E-state index contributed by atoms with van der Waals surface area (Å²) in [5.41, 5.74) is -0.291. The molecule has 0 aliphatic rings. The number of nitrogens with zero attached hydrogens (tertiary/aromatic N) is 3. The summed E-state index contributed by atoms with van der Waals surface area (Å²) in [5.74, 6) is -0.946. The van der Waals surface area contributed by atoms with E-state index in [1.165, 1.54) is 0 Å². The zero-order valence-corrected chi connectivity index (χ0v) is 11.2. The van der Waals surface area contributed by atoms with Gasteiger partial charge in [0.25, 0.3) is 15.9 Å². The summed E-state index contributed by atoms with van der Waals surface area (Å²) in [5, 5.41) is 28.3. The van der Waals surface area contributed by atoms with Crippen LogP contribution in [0.5, 0.6) is 0 Å². The molecule has 0 saturated carbocycles. The Morgan fingerprint density at radius 2 is 1.61 bits per heavy atom. The highest BCUT2D eigenvalue weighted by Crippen LogP contribution is 2.13. The van der Waals surface area contributed by atoms with Crippen molar-refractivity contribution in [3.8, 4) is 0 Å². The number of nitro benzene ring substituents is 1. The summed E-state index contributed by atoms with van der Waals surface area (Å²) >= 11 is 0. The number of nitro groups is 1. The lowest BCUT2D eigenvalue weighted by Gasteiger charge is -2.13. The minimum Gasteiger partial charge on any atom is -0.460 e. The Morgan fingerprint density at radius 3 is 2.09 bits per heavy atom. The number of carbonyl (C=O) groups is 1. The third-order valence-electron chi connectivity index (χ3n) is 2.32. The lowest BCUT2D eigenvalue weighted by atomic mass is 10.2. The predicted molar refractivity (Wildman–Crippen MR) is 68.2 cm³/mol. The largest absolute Gasteiger partial charge is 0.460 e. The molecular formula is C10H9N3O10. The van der Waals surface area contributed by atoms with Gasteiger partial charge in [0.1, 0.15) is 13.2 Å². The Balaban J connectivity index is 2.60. The van der Waals surface area contributed by atoms with Crippen LogP contribution in [0.2, 0.25) is 0 Å². The summed E-state index contributed by atoms with van der Waals surface area (Å²) in [7, 11) is 0. The SMILES string of the molecule is O=C(OCC(CO[N+](=O)[O-])O[N+](=O)[O-])c1ccc([N+](=O)[O-])cc1. The molecule has 1 rings (SSSR count). The van der Waals surface area contributed by atoms with Crippen molar-refractivity contribution in [3.05, 3.63) is 60.2 Å². The first-order valence-corrected chi connectivity index (χ1v) is 5.79. The summed E-state index contributed by atoms with van der Waals surface area (Å²) < 4.78 is 4.68. The van der Waals surface area contributed by atoms with Gasteiger partial charge in [-0.1, -0.05) is 0 Å². The van der Waals surface area contributed by atoms with E-state index in [0.717, 1.165) is 24.3 Å². The average molecular weight is 331 g/mol. The van der Waals surface area contributed by atoms with Crippen LogP contribution in [0.3, 0.4) is 0 Å². The van der Waals surface area contributed by atoms with Crippen molar-refractivity contribution in [2.45, 2.75) is 6.10 Å². The van der Waals surface area contributed by atoms with Crippen molar-refractivity contribution in [2.24, 2.45) is 0 Å². The Morgan fingerprint density at radius 1 is 1.00 bits per heavy atom. The van der Waals surface area contributed by atoms with Crippen LogP contribution in [0.1, 0.15) is 10.4 Å². The molecular weight excluding hydrogens is 322 g/mol. The van der Waals surface area contributed by atoms with Gasteiger partial charge in [-0.2, -0.15) is 0 Å². The number of carbonyl (C=O) groups excluding carboxylic acids is 1. The maximum atomic E-state index is 11.7. The minimum atomic E-state index is -1.50. The van der Waals surface area contributed by atoms with Crippen molar-refractivity contribution >= 4 is 11.7 Å². The van der Waals surface area contributed by atoms with E-state index in [1.54, 1.807) is 0 Å². The molecule has 13 heteroatoms. The van der Waals surface area contributed by atoms with Gasteiger partial charge >= 0.3 is 5.97 Å². The van der Waals surface area contributed by atoms with Crippen molar-refractivity contribution in [1.82, 2.24) is 0 Å². The van der Waals surface area contributed by atoms with E-state index >= 15 is 0 Å². The van der Waals surface area contributed by atoms with Crippen LogP contribution in [0, 0.1) is 30.3 Å². The molecule has 0 radical (unpaired) electrons. The van der Waals surface area contributed by atoms with Gasteiger partial charge in [0, 0.05) is 12.1 Å². The summed E-state index contributed by atoms with van der Waals surface area (Å²) in [6, 6.07) is 4.38. The van der Waals surface area contributed by atoms with E-state index in [2.05, 4.69) is 14.4 Å². The fourth-order valence-corrected chi connectivity index (χ4v) is 1.35. The lowest BCUT2D eigenvalue weighted by Crippen LogP contribution is -2.30. The molecule has 0 fully saturated rings. The van der Waals surface area contributed by atoms with Crippen molar-refractivity contribution in [3.63, 3.8) is 0 Å². The van der Waals surface area contributed by atoms with Crippen molar-refractivity contribution in [1.29, 1.82) is 0 Å². The molecule has 0 bridgehead atoms. The second kappa shape index (κ2) is 8.06. The number of hydrogen-bond donors (Lipinski definition) is 0. The Hall–Kier alpha value is -3.51. The maximum Gasteiger partial charge on any atom is 0.338 e. The summed E-state index contributed by atoms with van der Waals surface area (Å²) in [4.78, 5) is 49.7. The van der Waals surface area contributed by atoms with Crippen LogP contribution < -0.4 is 0 Å². The highest BCUT2D eigenvalue weighted by atomic mass is 17.0. The molecule has 1 aromatic carbocycles. The topological polar surface area (TPSA) is 174 Å². The van der Waals surface area contributed by atoms with E-state index in [-0.39, 0.29) is 11.3 Å². The average Bonchev–Trinajstić information content (AvgIpc) is 2.49. The first-order chi connectivity index (χ1) is 10.8. The fourth-order valence-electron chi connectivity index (χ4n) is 1.35. The number of benzene rings is 1. The van der Waals surface area contributed by atoms with Crippen LogP contribution in [0.4, 0.5) is 5.69 Å². The predicted octanol–water partition coefficient (Wildman–Crippen LogP) is 0.537. The molecule has 23 heavy (non-hydrogen) atoms. The Bertz CT molecular complexity index is 601. The molecule has 0 N–H and O–H groups in total. The summed E-state index contributed by atoms with van der Waals surface area (Å²) in [6.45, 7) is -1.51. The lowest BCUT2D eigenvalue weighted by molar-refractivity contribution is -0.790. The molecule has 0 saturated heterocycles. The highest BCUT2D eigenvalue weighted by molar-refractivity contribution is 5.89. The first-order valence-electron chi connectivity index (χ1n) is 5.79.